The molecule has 3 rings (SSSR count). The monoisotopic (exact) mass is 360 g/mol. The lowest BCUT2D eigenvalue weighted by Gasteiger charge is -2.32. The number of hydrogen-bond donors (Lipinski definition) is 0. The largest absolute Gasteiger partial charge is 0.332 e. The summed E-state index contributed by atoms with van der Waals surface area (Å²) in [5.41, 5.74) is 0.767. The van der Waals surface area contributed by atoms with Crippen molar-refractivity contribution in [3.63, 3.8) is 0 Å². The molecule has 0 radical (unpaired) electrons. The van der Waals surface area contributed by atoms with Gasteiger partial charge in [0.2, 0.25) is 5.28 Å². The van der Waals surface area contributed by atoms with Gasteiger partial charge in [-0.1, -0.05) is 11.6 Å². The highest BCUT2D eigenvalue weighted by atomic mass is 35.5. The summed E-state index contributed by atoms with van der Waals surface area (Å²) in [4.78, 5) is 8.24. The van der Waals surface area contributed by atoms with Gasteiger partial charge in [0.25, 0.3) is 0 Å². The molecule has 0 spiro atoms. The third-order valence-corrected chi connectivity index (χ3v) is 6.03. The van der Waals surface area contributed by atoms with Crippen LogP contribution in [0.15, 0.2) is 12.3 Å². The molecule has 1 fully saturated rings. The third kappa shape index (κ3) is 3.25. The van der Waals surface area contributed by atoms with E-state index in [0.29, 0.717) is 11.1 Å². The minimum absolute atomic E-state index is 0.162. The zero-order valence-electron chi connectivity index (χ0n) is 12.3. The number of fused-ring (bicyclic) bond motifs is 1. The van der Waals surface area contributed by atoms with Crippen LogP contribution in [0.5, 0.6) is 0 Å². The molecule has 0 aromatic carbocycles. The third-order valence-electron chi connectivity index (χ3n) is 4.12. The van der Waals surface area contributed by atoms with Crippen LogP contribution in [0.4, 0.5) is 0 Å². The Kier molecular flexibility index (Phi) is 4.38. The summed E-state index contributed by atoms with van der Waals surface area (Å²) in [6.07, 6.45) is 5.66. The van der Waals surface area contributed by atoms with Crippen LogP contribution in [0, 0.1) is 5.92 Å². The Morgan fingerprint density at radius 2 is 2.05 bits per heavy atom. The normalized spacial score (nSPS) is 20.3. The Morgan fingerprint density at radius 3 is 2.68 bits per heavy atom. The Labute approximate surface area is 140 Å². The van der Waals surface area contributed by atoms with Gasteiger partial charge in [-0.15, -0.1) is 0 Å². The molecule has 120 valence electrons. The van der Waals surface area contributed by atoms with Gasteiger partial charge in [-0.05, 0) is 42.3 Å². The van der Waals surface area contributed by atoms with Crippen molar-refractivity contribution in [2.75, 3.05) is 19.3 Å². The van der Waals surface area contributed by atoms with Crippen LogP contribution in [0.2, 0.25) is 10.4 Å². The van der Waals surface area contributed by atoms with Crippen molar-refractivity contribution in [2.24, 2.45) is 5.92 Å². The Hall–Kier alpha value is -0.820. The van der Waals surface area contributed by atoms with Crippen molar-refractivity contribution in [1.82, 2.24) is 18.8 Å². The van der Waals surface area contributed by atoms with Gasteiger partial charge in [0, 0.05) is 41.8 Å². The predicted molar refractivity (Wildman–Crippen MR) is 93.0 cm³/mol. The number of aromatic nitrogens is 3. The van der Waals surface area contributed by atoms with Crippen molar-refractivity contribution < 1.29 is 4.21 Å². The molecular formula is C14H18Cl2N4OS. The molecule has 2 aromatic heterocycles. The molecule has 0 bridgehead atoms. The van der Waals surface area contributed by atoms with E-state index in [-0.39, 0.29) is 5.28 Å². The lowest BCUT2D eigenvalue weighted by Crippen LogP contribution is -2.38. The molecule has 0 N–H and O–H groups in total. The van der Waals surface area contributed by atoms with Gasteiger partial charge in [-0.2, -0.15) is 4.98 Å². The van der Waals surface area contributed by atoms with Crippen LogP contribution in [0.1, 0.15) is 12.8 Å². The number of hydrogen-bond acceptors (Lipinski definition) is 3. The number of nitrogens with zero attached hydrogens (tertiary/aromatic N) is 4. The summed E-state index contributed by atoms with van der Waals surface area (Å²) in [6, 6.07) is 1.91. The van der Waals surface area contributed by atoms with Crippen LogP contribution in [0.25, 0.3) is 11.0 Å². The van der Waals surface area contributed by atoms with Crippen molar-refractivity contribution in [1.29, 1.82) is 0 Å². The fourth-order valence-corrected chi connectivity index (χ4v) is 4.33. The van der Waals surface area contributed by atoms with Gasteiger partial charge in [0.1, 0.15) is 10.8 Å². The van der Waals surface area contributed by atoms with Gasteiger partial charge in [0.15, 0.2) is 0 Å². The van der Waals surface area contributed by atoms with Gasteiger partial charge >= 0.3 is 0 Å². The topological polar surface area (TPSA) is 51.0 Å². The Bertz CT molecular complexity index is 795. The highest BCUT2D eigenvalue weighted by molar-refractivity contribution is 7.97. The maximum Gasteiger partial charge on any atom is 0.225 e. The summed E-state index contributed by atoms with van der Waals surface area (Å²) in [6.45, 7) is 2.49. The lowest BCUT2D eigenvalue weighted by atomic mass is 9.98. The predicted octanol–water partition coefficient (Wildman–Crippen LogP) is 2.71. The van der Waals surface area contributed by atoms with Crippen LogP contribution in [0.3, 0.4) is 0 Å². The van der Waals surface area contributed by atoms with E-state index in [1.165, 1.54) is 0 Å². The molecule has 0 aliphatic carbocycles. The average Bonchev–Trinajstić information content (AvgIpc) is 2.82. The van der Waals surface area contributed by atoms with E-state index in [1.807, 2.05) is 16.6 Å². The molecule has 0 amide bonds. The van der Waals surface area contributed by atoms with E-state index in [2.05, 4.69) is 20.4 Å². The zero-order valence-corrected chi connectivity index (χ0v) is 14.7. The standard InChI is InChI=1S/C14H18Cl2N4OS/c1-22(2,21)20-7-3-10(4-8-20)9-19-6-5-11-12(15)17-14(16)18-13(11)19/h5-6,10H,1,3-4,7-9H2,2H3. The first-order valence-electron chi connectivity index (χ1n) is 7.10. The van der Waals surface area contributed by atoms with E-state index in [0.717, 1.165) is 43.5 Å². The quantitative estimate of drug-likeness (QED) is 0.480. The van der Waals surface area contributed by atoms with Crippen LogP contribution < -0.4 is 0 Å². The molecule has 22 heavy (non-hydrogen) atoms. The maximum absolute atomic E-state index is 12.0. The highest BCUT2D eigenvalue weighted by Crippen LogP contribution is 2.26. The van der Waals surface area contributed by atoms with E-state index >= 15 is 0 Å². The summed E-state index contributed by atoms with van der Waals surface area (Å²) in [5.74, 6) is 4.27. The zero-order chi connectivity index (χ0) is 15.9. The summed E-state index contributed by atoms with van der Waals surface area (Å²) in [7, 11) is -2.09. The van der Waals surface area contributed by atoms with Crippen molar-refractivity contribution in [3.05, 3.63) is 22.7 Å². The Balaban J connectivity index is 1.75. The van der Waals surface area contributed by atoms with E-state index in [1.54, 1.807) is 6.26 Å². The first-order valence-corrected chi connectivity index (χ1v) is 9.94. The number of rotatable bonds is 3. The molecule has 1 atom stereocenters. The second-order valence-electron chi connectivity index (χ2n) is 5.82. The molecular weight excluding hydrogens is 343 g/mol. The first kappa shape index (κ1) is 16.1. The van der Waals surface area contributed by atoms with E-state index in [4.69, 9.17) is 23.2 Å². The van der Waals surface area contributed by atoms with E-state index in [9.17, 15) is 4.21 Å². The van der Waals surface area contributed by atoms with Crippen LogP contribution >= 0.6 is 23.2 Å². The summed E-state index contributed by atoms with van der Waals surface area (Å²) < 4.78 is 16.0. The van der Waals surface area contributed by atoms with Crippen molar-refractivity contribution in [3.8, 4) is 0 Å². The highest BCUT2D eigenvalue weighted by Gasteiger charge is 2.23. The van der Waals surface area contributed by atoms with Crippen molar-refractivity contribution in [2.45, 2.75) is 19.4 Å². The molecule has 1 saturated heterocycles. The van der Waals surface area contributed by atoms with Gasteiger partial charge < -0.3 is 4.57 Å². The van der Waals surface area contributed by atoms with Crippen molar-refractivity contribution >= 4 is 49.8 Å². The molecule has 3 heterocycles. The molecule has 1 aliphatic heterocycles. The lowest BCUT2D eigenvalue weighted by molar-refractivity contribution is 0.262. The minimum Gasteiger partial charge on any atom is -0.332 e. The fourth-order valence-electron chi connectivity index (χ4n) is 2.91. The first-order chi connectivity index (χ1) is 10.3. The second kappa shape index (κ2) is 6.00. The molecule has 5 nitrogen and oxygen atoms in total. The van der Waals surface area contributed by atoms with Gasteiger partial charge in [-0.3, -0.25) is 4.21 Å². The molecule has 1 aliphatic rings. The molecule has 0 saturated carbocycles. The number of halogens is 2. The maximum atomic E-state index is 12.0. The smallest absolute Gasteiger partial charge is 0.225 e. The Morgan fingerprint density at radius 1 is 1.36 bits per heavy atom. The minimum atomic E-state index is -2.09. The SMILES string of the molecule is C=S(C)(=O)N1CCC(Cn2ccc3c(Cl)nc(Cl)nc32)CC1. The van der Waals surface area contributed by atoms with Gasteiger partial charge in [0.05, 0.1) is 5.39 Å². The number of piperidine rings is 1. The molecule has 2 aromatic rings. The van der Waals surface area contributed by atoms with Gasteiger partial charge in [-0.25, -0.2) is 9.29 Å². The fraction of sp³-hybridized carbons (Fsp3) is 0.500. The van der Waals surface area contributed by atoms with E-state index < -0.39 is 9.71 Å². The molecule has 8 heteroatoms. The summed E-state index contributed by atoms with van der Waals surface area (Å²) in [5, 5.41) is 1.36. The van der Waals surface area contributed by atoms with Crippen LogP contribution in [-0.2, 0) is 16.3 Å². The van der Waals surface area contributed by atoms with Crippen LogP contribution in [-0.4, -0.2) is 48.3 Å². The average molecular weight is 361 g/mol. The summed E-state index contributed by atoms with van der Waals surface area (Å²) >= 11 is 12.0. The second-order valence-corrected chi connectivity index (χ2v) is 8.95. The molecule has 1 unspecified atom stereocenters.